The molecule has 1 fully saturated rings. The minimum atomic E-state index is -0.874. The van der Waals surface area contributed by atoms with E-state index >= 15 is 0 Å². The van der Waals surface area contributed by atoms with Crippen LogP contribution in [0.4, 0.5) is 0 Å². The number of carbonyl (C=O) groups is 1. The second kappa shape index (κ2) is 31.1. The van der Waals surface area contributed by atoms with E-state index in [1.165, 1.54) is 153 Å². The van der Waals surface area contributed by atoms with Crippen molar-refractivity contribution in [2.45, 2.75) is 193 Å². The molecule has 1 aliphatic rings. The molecule has 1 aliphatic heterocycles. The Morgan fingerprint density at radius 2 is 1.29 bits per heavy atom. The van der Waals surface area contributed by atoms with Gasteiger partial charge in [-0.1, -0.05) is 148 Å². The lowest BCUT2D eigenvalue weighted by Crippen LogP contribution is -2.40. The molecule has 6 heteroatoms. The van der Waals surface area contributed by atoms with Crippen LogP contribution in [0.5, 0.6) is 0 Å². The summed E-state index contributed by atoms with van der Waals surface area (Å²) in [6.45, 7) is 7.03. The Bertz CT molecular complexity index is 582. The van der Waals surface area contributed by atoms with Crippen molar-refractivity contribution in [1.82, 2.24) is 4.57 Å². The van der Waals surface area contributed by atoms with E-state index in [-0.39, 0.29) is 0 Å². The van der Waals surface area contributed by atoms with Gasteiger partial charge in [0.15, 0.2) is 5.12 Å². The third-order valence-electron chi connectivity index (χ3n) is 9.20. The van der Waals surface area contributed by atoms with Crippen molar-refractivity contribution < 1.29 is 14.3 Å². The third-order valence-corrected chi connectivity index (χ3v) is 13.9. The van der Waals surface area contributed by atoms with E-state index < -0.39 is 8.96 Å². The van der Waals surface area contributed by atoms with Gasteiger partial charge < -0.3 is 14.0 Å². The predicted molar refractivity (Wildman–Crippen MR) is 189 cm³/mol. The molecule has 0 aromatic carbocycles. The largest absolute Gasteiger partial charge is 0.355 e. The maximum atomic E-state index is 12.3. The first-order chi connectivity index (χ1) is 20.7. The lowest BCUT2D eigenvalue weighted by Gasteiger charge is -2.32. The molecule has 0 amide bonds. The smallest absolute Gasteiger partial charge is 0.188 e. The van der Waals surface area contributed by atoms with Crippen LogP contribution in [0.2, 0.25) is 12.1 Å². The molecule has 1 heterocycles. The number of carbonyl (C=O) groups excluding carboxylic acids is 1. The highest BCUT2D eigenvalue weighted by molar-refractivity contribution is 8.13. The Morgan fingerprint density at radius 1 is 0.738 bits per heavy atom. The molecular weight excluding hydrogens is 555 g/mol. The van der Waals surface area contributed by atoms with Crippen molar-refractivity contribution in [3.8, 4) is 0 Å². The first-order valence-corrected chi connectivity index (χ1v) is 21.9. The van der Waals surface area contributed by atoms with Gasteiger partial charge in [-0.2, -0.15) is 0 Å². The molecule has 0 aromatic heterocycles. The molecule has 0 saturated carbocycles. The quantitative estimate of drug-likeness (QED) is 0.0468. The van der Waals surface area contributed by atoms with Gasteiger partial charge in [-0.3, -0.25) is 4.79 Å². The molecule has 42 heavy (non-hydrogen) atoms. The lowest BCUT2D eigenvalue weighted by atomic mass is 10.0. The minimum absolute atomic E-state index is 0.356. The summed E-state index contributed by atoms with van der Waals surface area (Å²) in [5.41, 5.74) is 0. The van der Waals surface area contributed by atoms with Crippen LogP contribution >= 0.6 is 11.8 Å². The first-order valence-electron chi connectivity index (χ1n) is 18.7. The van der Waals surface area contributed by atoms with Crippen LogP contribution < -0.4 is 0 Å². The van der Waals surface area contributed by atoms with Gasteiger partial charge in [-0.15, -0.1) is 0 Å². The number of unbranched alkanes of at least 4 members (excludes halogenated alkanes) is 18. The van der Waals surface area contributed by atoms with E-state index in [1.807, 2.05) is 0 Å². The number of hydrogen-bond acceptors (Lipinski definition) is 5. The van der Waals surface area contributed by atoms with Crippen LogP contribution in [-0.2, 0) is 14.3 Å². The van der Waals surface area contributed by atoms with Gasteiger partial charge >= 0.3 is 0 Å². The molecule has 4 nitrogen and oxygen atoms in total. The van der Waals surface area contributed by atoms with E-state index in [4.69, 9.17) is 9.47 Å². The second-order valence-corrected chi connectivity index (χ2v) is 17.6. The maximum Gasteiger partial charge on any atom is 0.188 e. The Kier molecular flexibility index (Phi) is 29.7. The molecule has 250 valence electrons. The minimum Gasteiger partial charge on any atom is -0.355 e. The van der Waals surface area contributed by atoms with Gasteiger partial charge in [0, 0.05) is 18.8 Å². The van der Waals surface area contributed by atoms with Crippen molar-refractivity contribution >= 4 is 25.8 Å². The van der Waals surface area contributed by atoms with Gasteiger partial charge in [-0.25, -0.2) is 0 Å². The van der Waals surface area contributed by atoms with Crippen molar-refractivity contribution in [2.24, 2.45) is 0 Å². The molecule has 0 bridgehead atoms. The Balaban J connectivity index is 1.93. The van der Waals surface area contributed by atoms with Crippen molar-refractivity contribution in [2.75, 3.05) is 32.7 Å². The summed E-state index contributed by atoms with van der Waals surface area (Å²) in [5, 5.41) is 0.431. The molecular formula is C36H73NO3SSi. The Morgan fingerprint density at radius 3 is 1.88 bits per heavy atom. The molecule has 0 aromatic rings. The van der Waals surface area contributed by atoms with Crippen LogP contribution in [0.3, 0.4) is 0 Å². The average Bonchev–Trinajstić information content (AvgIpc) is 2.98. The summed E-state index contributed by atoms with van der Waals surface area (Å²) in [6.07, 6.45) is 32.9. The van der Waals surface area contributed by atoms with E-state index in [2.05, 4.69) is 25.5 Å². The SMILES string of the molecule is CCCCCCCCCCCCCCCC(=O)SCCC[SiH]1CCCC(OCOCCCCCCCCC)CCN1C. The van der Waals surface area contributed by atoms with Crippen LogP contribution in [0, 0.1) is 0 Å². The Hall–Kier alpha value is 0.117. The normalized spacial score (nSPS) is 18.3. The summed E-state index contributed by atoms with van der Waals surface area (Å²) in [7, 11) is 1.46. The highest BCUT2D eigenvalue weighted by atomic mass is 32.2. The highest BCUT2D eigenvalue weighted by Crippen LogP contribution is 2.22. The molecule has 1 rings (SSSR count). The second-order valence-electron chi connectivity index (χ2n) is 13.1. The first kappa shape index (κ1) is 40.1. The molecule has 2 atom stereocenters. The number of thioether (sulfide) groups is 1. The number of rotatable bonds is 29. The summed E-state index contributed by atoms with van der Waals surface area (Å²) < 4.78 is 14.6. The molecule has 0 aliphatic carbocycles. The summed E-state index contributed by atoms with van der Waals surface area (Å²) in [6, 6.07) is 2.73. The third kappa shape index (κ3) is 25.4. The molecule has 1 saturated heterocycles. The fourth-order valence-corrected chi connectivity index (χ4v) is 10.4. The molecule has 2 unspecified atom stereocenters. The number of hydrogen-bond donors (Lipinski definition) is 0. The predicted octanol–water partition coefficient (Wildman–Crippen LogP) is 11.1. The van der Waals surface area contributed by atoms with E-state index in [0.717, 1.165) is 38.2 Å². The average molecular weight is 628 g/mol. The van der Waals surface area contributed by atoms with Crippen LogP contribution in [0.1, 0.15) is 174 Å². The maximum absolute atomic E-state index is 12.3. The fraction of sp³-hybridized carbons (Fsp3) is 0.972. The van der Waals surface area contributed by atoms with Crippen LogP contribution in [-0.4, -0.2) is 57.5 Å². The highest BCUT2D eigenvalue weighted by Gasteiger charge is 2.22. The molecule has 0 spiro atoms. The van der Waals surface area contributed by atoms with Crippen molar-refractivity contribution in [1.29, 1.82) is 0 Å². The number of nitrogens with zero attached hydrogens (tertiary/aromatic N) is 1. The zero-order valence-corrected chi connectivity index (χ0v) is 30.6. The lowest BCUT2D eigenvalue weighted by molar-refractivity contribution is -0.111. The standard InChI is InChI=1S/C36H73NO3SSi/c1-4-6-8-10-12-13-14-15-16-17-18-20-22-27-36(38)41-31-25-33-42-32-24-26-35(28-29-37(42)3)40-34-39-30-23-21-19-11-9-7-5-2/h35,42H,4-34H2,1-3H3. The van der Waals surface area contributed by atoms with Crippen LogP contribution in [0.15, 0.2) is 0 Å². The van der Waals surface area contributed by atoms with Gasteiger partial charge in [-0.05, 0) is 57.8 Å². The summed E-state index contributed by atoms with van der Waals surface area (Å²) in [5.74, 6) is 1.02. The van der Waals surface area contributed by atoms with Crippen LogP contribution in [0.25, 0.3) is 0 Å². The fourth-order valence-electron chi connectivity index (χ4n) is 6.24. The van der Waals surface area contributed by atoms with Gasteiger partial charge in [0.1, 0.15) is 15.8 Å². The van der Waals surface area contributed by atoms with Gasteiger partial charge in [0.05, 0.1) is 6.10 Å². The van der Waals surface area contributed by atoms with Crippen molar-refractivity contribution in [3.05, 3.63) is 0 Å². The van der Waals surface area contributed by atoms with Crippen molar-refractivity contribution in [3.63, 3.8) is 0 Å². The van der Waals surface area contributed by atoms with E-state index in [0.29, 0.717) is 18.0 Å². The zero-order chi connectivity index (χ0) is 30.4. The molecule has 0 radical (unpaired) electrons. The Labute approximate surface area is 269 Å². The summed E-state index contributed by atoms with van der Waals surface area (Å²) >= 11 is 1.61. The monoisotopic (exact) mass is 628 g/mol. The van der Waals surface area contributed by atoms with E-state index in [9.17, 15) is 4.79 Å². The van der Waals surface area contributed by atoms with Gasteiger partial charge in [0.2, 0.25) is 0 Å². The topological polar surface area (TPSA) is 38.8 Å². The molecule has 0 N–H and O–H groups in total. The zero-order valence-electron chi connectivity index (χ0n) is 28.7. The van der Waals surface area contributed by atoms with E-state index in [1.54, 1.807) is 11.8 Å². The summed E-state index contributed by atoms with van der Waals surface area (Å²) in [4.78, 5) is 12.3. The number of ether oxygens (including phenoxy) is 2. The van der Waals surface area contributed by atoms with Gasteiger partial charge in [0.25, 0.3) is 0 Å².